The van der Waals surface area contributed by atoms with Crippen LogP contribution in [0.1, 0.15) is 72.6 Å². The Kier molecular flexibility index (Phi) is 6.60. The number of esters is 1. The standard InChI is InChI=1S/C21H33IO2/c1-15(11-14-22)7-9-17-16(2)8-10-18-20(17,3)12-6-13-21(18,4)19(23)24-5/h11,18H,6-10,12-14H2,1-5H3/b15-11+/t18-,20-,21+/m1/s1. The maximum Gasteiger partial charge on any atom is 0.311 e. The van der Waals surface area contributed by atoms with Gasteiger partial charge in [0.25, 0.3) is 0 Å². The van der Waals surface area contributed by atoms with Gasteiger partial charge in [-0.3, -0.25) is 4.79 Å². The van der Waals surface area contributed by atoms with Gasteiger partial charge in [-0.05, 0) is 70.6 Å². The van der Waals surface area contributed by atoms with Crippen molar-refractivity contribution in [1.29, 1.82) is 0 Å². The maximum atomic E-state index is 12.6. The van der Waals surface area contributed by atoms with Crippen molar-refractivity contribution < 1.29 is 9.53 Å². The monoisotopic (exact) mass is 444 g/mol. The fraction of sp³-hybridized carbons (Fsp3) is 0.762. The molecule has 1 fully saturated rings. The third kappa shape index (κ3) is 3.61. The molecule has 2 nitrogen and oxygen atoms in total. The number of allylic oxidation sites excluding steroid dienone is 4. The second kappa shape index (κ2) is 7.92. The molecule has 0 aliphatic heterocycles. The summed E-state index contributed by atoms with van der Waals surface area (Å²) in [6.07, 6.45) is 10.2. The molecule has 0 amide bonds. The molecule has 2 aliphatic carbocycles. The van der Waals surface area contributed by atoms with Crippen molar-refractivity contribution >= 4 is 28.6 Å². The van der Waals surface area contributed by atoms with Crippen LogP contribution < -0.4 is 0 Å². The number of ether oxygens (including phenoxy) is 1. The zero-order valence-corrected chi connectivity index (χ0v) is 18.2. The zero-order valence-electron chi connectivity index (χ0n) is 16.0. The van der Waals surface area contributed by atoms with Crippen LogP contribution in [0.4, 0.5) is 0 Å². The number of rotatable bonds is 5. The van der Waals surface area contributed by atoms with Crippen LogP contribution in [0.2, 0.25) is 0 Å². The molecular weight excluding hydrogens is 411 g/mol. The van der Waals surface area contributed by atoms with E-state index in [1.165, 1.54) is 12.0 Å². The summed E-state index contributed by atoms with van der Waals surface area (Å²) in [6, 6.07) is 0. The SMILES string of the molecule is COC(=O)[C@@]1(C)CCC[C@]2(C)C(CC/C(C)=C/CI)=C(C)CC[C@@H]12. The van der Waals surface area contributed by atoms with E-state index >= 15 is 0 Å². The summed E-state index contributed by atoms with van der Waals surface area (Å²) >= 11 is 2.41. The van der Waals surface area contributed by atoms with E-state index in [-0.39, 0.29) is 16.8 Å². The summed E-state index contributed by atoms with van der Waals surface area (Å²) < 4.78 is 6.30. The topological polar surface area (TPSA) is 26.3 Å². The second-order valence-corrected chi connectivity index (χ2v) is 9.12. The number of halogens is 1. The average Bonchev–Trinajstić information content (AvgIpc) is 2.53. The number of carbonyl (C=O) groups excluding carboxylic acids is 1. The van der Waals surface area contributed by atoms with Crippen molar-refractivity contribution in [3.63, 3.8) is 0 Å². The lowest BCUT2D eigenvalue weighted by atomic mass is 9.49. The quantitative estimate of drug-likeness (QED) is 0.217. The highest BCUT2D eigenvalue weighted by Gasteiger charge is 2.55. The predicted octanol–water partition coefficient (Wildman–Crippen LogP) is 6.24. The van der Waals surface area contributed by atoms with Gasteiger partial charge in [0.2, 0.25) is 0 Å². The van der Waals surface area contributed by atoms with Crippen molar-refractivity contribution in [1.82, 2.24) is 0 Å². The highest BCUT2D eigenvalue weighted by atomic mass is 127. The molecule has 0 aromatic rings. The van der Waals surface area contributed by atoms with Crippen LogP contribution in [-0.4, -0.2) is 17.5 Å². The summed E-state index contributed by atoms with van der Waals surface area (Å²) in [5.41, 5.74) is 4.54. The lowest BCUT2D eigenvalue weighted by Crippen LogP contribution is -2.50. The van der Waals surface area contributed by atoms with Gasteiger partial charge in [-0.2, -0.15) is 0 Å². The highest BCUT2D eigenvalue weighted by Crippen LogP contribution is 2.60. The Morgan fingerprint density at radius 3 is 2.71 bits per heavy atom. The Bertz CT molecular complexity index is 548. The van der Waals surface area contributed by atoms with Crippen molar-refractivity contribution in [3.05, 3.63) is 22.8 Å². The van der Waals surface area contributed by atoms with E-state index in [1.807, 2.05) is 0 Å². The van der Waals surface area contributed by atoms with Gasteiger partial charge in [0.15, 0.2) is 0 Å². The van der Waals surface area contributed by atoms with Crippen molar-refractivity contribution in [2.75, 3.05) is 11.5 Å². The minimum Gasteiger partial charge on any atom is -0.469 e. The molecule has 24 heavy (non-hydrogen) atoms. The van der Waals surface area contributed by atoms with Gasteiger partial charge in [0.05, 0.1) is 12.5 Å². The van der Waals surface area contributed by atoms with Crippen LogP contribution in [0.25, 0.3) is 0 Å². The van der Waals surface area contributed by atoms with E-state index in [4.69, 9.17) is 4.74 Å². The maximum absolute atomic E-state index is 12.6. The van der Waals surface area contributed by atoms with E-state index in [2.05, 4.69) is 56.4 Å². The van der Waals surface area contributed by atoms with Gasteiger partial charge in [0, 0.05) is 4.43 Å². The van der Waals surface area contributed by atoms with Gasteiger partial charge in [-0.15, -0.1) is 0 Å². The first kappa shape index (κ1) is 20.0. The van der Waals surface area contributed by atoms with Gasteiger partial charge in [-0.25, -0.2) is 0 Å². The number of alkyl halides is 1. The van der Waals surface area contributed by atoms with Crippen molar-refractivity contribution in [2.24, 2.45) is 16.7 Å². The molecule has 0 saturated heterocycles. The molecule has 3 atom stereocenters. The molecule has 0 heterocycles. The average molecular weight is 444 g/mol. The highest BCUT2D eigenvalue weighted by molar-refractivity contribution is 14.1. The minimum absolute atomic E-state index is 0.00156. The Balaban J connectivity index is 2.32. The van der Waals surface area contributed by atoms with Crippen molar-refractivity contribution in [2.45, 2.75) is 72.6 Å². The summed E-state index contributed by atoms with van der Waals surface area (Å²) in [7, 11) is 1.54. The molecular formula is C21H33IO2. The van der Waals surface area contributed by atoms with Gasteiger partial charge < -0.3 is 4.74 Å². The smallest absolute Gasteiger partial charge is 0.311 e. The fourth-order valence-corrected chi connectivity index (χ4v) is 6.16. The van der Waals surface area contributed by atoms with Crippen LogP contribution in [-0.2, 0) is 9.53 Å². The number of hydrogen-bond donors (Lipinski definition) is 0. The van der Waals surface area contributed by atoms with Crippen LogP contribution in [0.3, 0.4) is 0 Å². The number of fused-ring (bicyclic) bond motifs is 1. The van der Waals surface area contributed by atoms with E-state index in [1.54, 1.807) is 18.3 Å². The summed E-state index contributed by atoms with van der Waals surface area (Å²) in [6.45, 7) is 9.14. The van der Waals surface area contributed by atoms with Crippen molar-refractivity contribution in [3.8, 4) is 0 Å². The molecule has 1 saturated carbocycles. The first-order valence-corrected chi connectivity index (χ1v) is 10.8. The van der Waals surface area contributed by atoms with Crippen LogP contribution >= 0.6 is 22.6 Å². The normalized spacial score (nSPS) is 34.1. The third-order valence-electron chi connectivity index (χ3n) is 6.79. The second-order valence-electron chi connectivity index (χ2n) is 8.23. The molecule has 2 rings (SSSR count). The Morgan fingerprint density at radius 1 is 1.38 bits per heavy atom. The lowest BCUT2D eigenvalue weighted by molar-refractivity contribution is -0.163. The van der Waals surface area contributed by atoms with E-state index < -0.39 is 0 Å². The van der Waals surface area contributed by atoms with Gasteiger partial charge >= 0.3 is 5.97 Å². The van der Waals surface area contributed by atoms with Crippen LogP contribution in [0, 0.1) is 16.7 Å². The first-order chi connectivity index (χ1) is 11.3. The molecule has 0 unspecified atom stereocenters. The fourth-order valence-electron chi connectivity index (χ4n) is 5.40. The largest absolute Gasteiger partial charge is 0.469 e. The molecule has 136 valence electrons. The summed E-state index contributed by atoms with van der Waals surface area (Å²) in [5.74, 6) is 0.414. The molecule has 0 aromatic heterocycles. The molecule has 2 aliphatic rings. The predicted molar refractivity (Wildman–Crippen MR) is 109 cm³/mol. The minimum atomic E-state index is -0.319. The van der Waals surface area contributed by atoms with Gasteiger partial charge in [-0.1, -0.05) is 58.7 Å². The van der Waals surface area contributed by atoms with Crippen LogP contribution in [0.5, 0.6) is 0 Å². The number of carbonyl (C=O) groups is 1. The lowest BCUT2D eigenvalue weighted by Gasteiger charge is -2.55. The molecule has 0 bridgehead atoms. The first-order valence-electron chi connectivity index (χ1n) is 9.28. The third-order valence-corrected chi connectivity index (χ3v) is 7.23. The molecule has 0 spiro atoms. The van der Waals surface area contributed by atoms with E-state index in [9.17, 15) is 4.79 Å². The Hall–Kier alpha value is -0.320. The number of methoxy groups -OCH3 is 1. The van der Waals surface area contributed by atoms with E-state index in [0.29, 0.717) is 5.92 Å². The Morgan fingerprint density at radius 2 is 2.08 bits per heavy atom. The number of hydrogen-bond acceptors (Lipinski definition) is 2. The Labute approximate surface area is 161 Å². The molecule has 0 radical (unpaired) electrons. The molecule has 0 N–H and O–H groups in total. The van der Waals surface area contributed by atoms with Gasteiger partial charge in [0.1, 0.15) is 0 Å². The molecule has 0 aromatic carbocycles. The zero-order chi connectivity index (χ0) is 18.0. The summed E-state index contributed by atoms with van der Waals surface area (Å²) in [4.78, 5) is 12.6. The summed E-state index contributed by atoms with van der Waals surface area (Å²) in [5, 5.41) is 0. The van der Waals surface area contributed by atoms with E-state index in [0.717, 1.165) is 43.0 Å². The molecule has 3 heteroatoms. The van der Waals surface area contributed by atoms with Crippen LogP contribution in [0.15, 0.2) is 22.8 Å².